The van der Waals surface area contributed by atoms with E-state index in [2.05, 4.69) is 23.1 Å². The first kappa shape index (κ1) is 18.5. The van der Waals surface area contributed by atoms with Crippen molar-refractivity contribution in [3.63, 3.8) is 0 Å². The van der Waals surface area contributed by atoms with E-state index >= 15 is 0 Å². The number of likely N-dealkylation sites (tertiary alicyclic amines) is 2. The lowest BCUT2D eigenvalue weighted by Gasteiger charge is -2.26. The van der Waals surface area contributed by atoms with E-state index in [9.17, 15) is 4.79 Å². The Morgan fingerprint density at radius 1 is 1.04 bits per heavy atom. The predicted molar refractivity (Wildman–Crippen MR) is 108 cm³/mol. The summed E-state index contributed by atoms with van der Waals surface area (Å²) >= 11 is 6.31. The van der Waals surface area contributed by atoms with Crippen molar-refractivity contribution < 1.29 is 4.79 Å². The van der Waals surface area contributed by atoms with Crippen LogP contribution in [0.15, 0.2) is 42.5 Å². The van der Waals surface area contributed by atoms with Crippen LogP contribution >= 0.6 is 11.6 Å². The van der Waals surface area contributed by atoms with Gasteiger partial charge < -0.3 is 4.90 Å². The molecular formula is C22H26ClN3O. The summed E-state index contributed by atoms with van der Waals surface area (Å²) < 4.78 is 0. The second-order valence-electron chi connectivity index (χ2n) is 7.54. The quantitative estimate of drug-likeness (QED) is 0.780. The van der Waals surface area contributed by atoms with E-state index in [0.29, 0.717) is 6.54 Å². The molecule has 0 spiro atoms. The molecule has 27 heavy (non-hydrogen) atoms. The third-order valence-corrected chi connectivity index (χ3v) is 6.03. The molecule has 1 atom stereocenters. The van der Waals surface area contributed by atoms with Crippen LogP contribution < -0.4 is 0 Å². The third kappa shape index (κ3) is 4.33. The molecule has 1 amide bonds. The van der Waals surface area contributed by atoms with Crippen molar-refractivity contribution >= 4 is 17.5 Å². The van der Waals surface area contributed by atoms with Crippen molar-refractivity contribution in [2.45, 2.75) is 38.1 Å². The van der Waals surface area contributed by atoms with Crippen molar-refractivity contribution in [1.29, 1.82) is 0 Å². The lowest BCUT2D eigenvalue weighted by atomic mass is 10.1. The summed E-state index contributed by atoms with van der Waals surface area (Å²) in [6, 6.07) is 14.4. The predicted octanol–water partition coefficient (Wildman–Crippen LogP) is 4.09. The molecule has 5 heteroatoms. The molecule has 3 heterocycles. The molecule has 142 valence electrons. The zero-order chi connectivity index (χ0) is 18.6. The number of hydrogen-bond donors (Lipinski definition) is 0. The van der Waals surface area contributed by atoms with E-state index < -0.39 is 0 Å². The molecule has 0 saturated carbocycles. The van der Waals surface area contributed by atoms with Crippen LogP contribution in [-0.4, -0.2) is 46.9 Å². The van der Waals surface area contributed by atoms with Gasteiger partial charge in [0.1, 0.15) is 0 Å². The summed E-state index contributed by atoms with van der Waals surface area (Å²) in [5.74, 6) is 0.270. The minimum absolute atomic E-state index is 0.239. The molecule has 0 N–H and O–H groups in total. The summed E-state index contributed by atoms with van der Waals surface area (Å²) in [7, 11) is 0. The Kier molecular flexibility index (Phi) is 5.74. The normalized spacial score (nSPS) is 20.3. The van der Waals surface area contributed by atoms with Crippen LogP contribution in [0.25, 0.3) is 0 Å². The van der Waals surface area contributed by atoms with Gasteiger partial charge in [0.15, 0.2) is 0 Å². The van der Waals surface area contributed by atoms with Gasteiger partial charge in [-0.3, -0.25) is 14.7 Å². The Bertz CT molecular complexity index is 804. The Balaban J connectivity index is 1.47. The second kappa shape index (κ2) is 8.41. The number of rotatable bonds is 5. The molecule has 0 radical (unpaired) electrons. The fraction of sp³-hybridized carbons (Fsp3) is 0.455. The molecule has 2 aliphatic rings. The van der Waals surface area contributed by atoms with E-state index in [1.807, 2.05) is 29.2 Å². The number of carbonyl (C=O) groups is 1. The van der Waals surface area contributed by atoms with Gasteiger partial charge in [0.25, 0.3) is 0 Å². The fourth-order valence-corrected chi connectivity index (χ4v) is 4.41. The van der Waals surface area contributed by atoms with E-state index in [4.69, 9.17) is 16.6 Å². The largest absolute Gasteiger partial charge is 0.342 e. The number of carbonyl (C=O) groups excluding carboxylic acids is 1. The molecular weight excluding hydrogens is 358 g/mol. The molecule has 1 aromatic heterocycles. The van der Waals surface area contributed by atoms with Crippen LogP contribution in [0.3, 0.4) is 0 Å². The van der Waals surface area contributed by atoms with E-state index in [-0.39, 0.29) is 11.9 Å². The molecule has 4 rings (SSSR count). The Morgan fingerprint density at radius 2 is 1.85 bits per heavy atom. The minimum Gasteiger partial charge on any atom is -0.342 e. The molecule has 4 nitrogen and oxygen atoms in total. The first-order valence-corrected chi connectivity index (χ1v) is 10.3. The van der Waals surface area contributed by atoms with Crippen molar-refractivity contribution in [3.05, 3.63) is 64.4 Å². The van der Waals surface area contributed by atoms with Gasteiger partial charge in [-0.05, 0) is 56.0 Å². The Hall–Kier alpha value is -1.91. The highest BCUT2D eigenvalue weighted by Gasteiger charge is 2.30. The maximum Gasteiger partial charge on any atom is 0.236 e. The number of halogens is 1. The first-order valence-electron chi connectivity index (χ1n) is 9.92. The first-order chi connectivity index (χ1) is 13.2. The average molecular weight is 384 g/mol. The number of benzene rings is 1. The van der Waals surface area contributed by atoms with E-state index in [1.165, 1.54) is 0 Å². The summed E-state index contributed by atoms with van der Waals surface area (Å²) in [5, 5.41) is 0.781. The molecule has 0 bridgehead atoms. The Labute approximate surface area is 166 Å². The molecule has 2 aromatic rings. The monoisotopic (exact) mass is 383 g/mol. The van der Waals surface area contributed by atoms with Crippen LogP contribution in [-0.2, 0) is 11.2 Å². The number of hydrogen-bond acceptors (Lipinski definition) is 3. The highest BCUT2D eigenvalue weighted by atomic mass is 35.5. The number of pyridine rings is 1. The summed E-state index contributed by atoms with van der Waals surface area (Å²) in [6.45, 7) is 3.33. The van der Waals surface area contributed by atoms with E-state index in [0.717, 1.165) is 73.7 Å². The third-order valence-electron chi connectivity index (χ3n) is 5.66. The molecule has 1 unspecified atom stereocenters. The van der Waals surface area contributed by atoms with Crippen LogP contribution in [0.2, 0.25) is 5.02 Å². The van der Waals surface area contributed by atoms with Crippen molar-refractivity contribution in [2.24, 2.45) is 0 Å². The summed E-state index contributed by atoms with van der Waals surface area (Å²) in [6.07, 6.45) is 5.19. The maximum absolute atomic E-state index is 12.6. The molecule has 2 aliphatic heterocycles. The van der Waals surface area contributed by atoms with Crippen LogP contribution in [0, 0.1) is 0 Å². The maximum atomic E-state index is 12.6. The lowest BCUT2D eigenvalue weighted by molar-refractivity contribution is -0.131. The average Bonchev–Trinajstić information content (AvgIpc) is 3.36. The van der Waals surface area contributed by atoms with E-state index in [1.54, 1.807) is 0 Å². The highest BCUT2D eigenvalue weighted by Crippen LogP contribution is 2.31. The molecule has 2 saturated heterocycles. The van der Waals surface area contributed by atoms with Gasteiger partial charge in [-0.2, -0.15) is 0 Å². The van der Waals surface area contributed by atoms with Gasteiger partial charge in [-0.25, -0.2) is 0 Å². The smallest absolute Gasteiger partial charge is 0.236 e. The number of aromatic nitrogens is 1. The van der Waals surface area contributed by atoms with Gasteiger partial charge in [0.05, 0.1) is 18.3 Å². The zero-order valence-corrected chi connectivity index (χ0v) is 16.4. The molecule has 2 fully saturated rings. The van der Waals surface area contributed by atoms with Crippen molar-refractivity contribution in [3.8, 4) is 0 Å². The van der Waals surface area contributed by atoms with Gasteiger partial charge in [0.2, 0.25) is 5.91 Å². The Morgan fingerprint density at radius 3 is 2.67 bits per heavy atom. The minimum atomic E-state index is 0.239. The SMILES string of the molecule is O=C(CN1CCCC1c1cccc(Cc2ccccc2Cl)n1)N1CCCC1. The van der Waals surface area contributed by atoms with Crippen LogP contribution in [0.1, 0.15) is 48.7 Å². The molecule has 0 aliphatic carbocycles. The topological polar surface area (TPSA) is 36.4 Å². The number of amides is 1. The summed E-state index contributed by atoms with van der Waals surface area (Å²) in [4.78, 5) is 21.8. The van der Waals surface area contributed by atoms with Crippen molar-refractivity contribution in [2.75, 3.05) is 26.2 Å². The van der Waals surface area contributed by atoms with Gasteiger partial charge in [-0.15, -0.1) is 0 Å². The van der Waals surface area contributed by atoms with Gasteiger partial charge in [-0.1, -0.05) is 35.9 Å². The van der Waals surface area contributed by atoms with Crippen LogP contribution in [0.4, 0.5) is 0 Å². The molecule has 1 aromatic carbocycles. The van der Waals surface area contributed by atoms with Gasteiger partial charge in [0, 0.05) is 30.2 Å². The van der Waals surface area contributed by atoms with Gasteiger partial charge >= 0.3 is 0 Å². The lowest BCUT2D eigenvalue weighted by Crippen LogP contribution is -2.38. The second-order valence-corrected chi connectivity index (χ2v) is 7.95. The zero-order valence-electron chi connectivity index (χ0n) is 15.6. The highest BCUT2D eigenvalue weighted by molar-refractivity contribution is 6.31. The van der Waals surface area contributed by atoms with Crippen LogP contribution in [0.5, 0.6) is 0 Å². The standard InChI is InChI=1S/C22H26ClN3O/c23-19-9-2-1-7-17(19)15-18-8-5-10-20(24-18)21-11-6-14-26(21)16-22(27)25-12-3-4-13-25/h1-2,5,7-10,21H,3-4,6,11-16H2. The van der Waals surface area contributed by atoms with Crippen molar-refractivity contribution in [1.82, 2.24) is 14.8 Å². The number of nitrogens with zero attached hydrogens (tertiary/aromatic N) is 3. The fourth-order valence-electron chi connectivity index (χ4n) is 4.21. The summed E-state index contributed by atoms with van der Waals surface area (Å²) in [5.41, 5.74) is 3.20.